The topological polar surface area (TPSA) is 30.5 Å². The lowest BCUT2D eigenvalue weighted by atomic mass is 9.46. The first-order valence-electron chi connectivity index (χ1n) is 19.8. The van der Waals surface area contributed by atoms with Crippen LogP contribution in [0.2, 0.25) is 0 Å². The van der Waals surface area contributed by atoms with Crippen LogP contribution in [0.5, 0.6) is 0 Å². The van der Waals surface area contributed by atoms with Gasteiger partial charge in [-0.15, -0.1) is 0 Å². The summed E-state index contributed by atoms with van der Waals surface area (Å²) in [5.41, 5.74) is 0. The van der Waals surface area contributed by atoms with Crippen molar-refractivity contribution in [3.8, 4) is 0 Å². The van der Waals surface area contributed by atoms with E-state index in [2.05, 4.69) is 20.4 Å². The van der Waals surface area contributed by atoms with Crippen molar-refractivity contribution in [2.45, 2.75) is 178 Å². The van der Waals surface area contributed by atoms with Crippen molar-refractivity contribution < 1.29 is 0 Å². The lowest BCUT2D eigenvalue weighted by Gasteiger charge is -2.64. The summed E-state index contributed by atoms with van der Waals surface area (Å²) >= 11 is 0. The fourth-order valence-corrected chi connectivity index (χ4v) is 13.6. The van der Waals surface area contributed by atoms with Crippen molar-refractivity contribution in [3.63, 3.8) is 0 Å². The van der Waals surface area contributed by atoms with Gasteiger partial charge in [0.2, 0.25) is 0 Å². The summed E-state index contributed by atoms with van der Waals surface area (Å²) < 4.78 is 0. The van der Waals surface area contributed by atoms with E-state index < -0.39 is 0 Å². The van der Waals surface area contributed by atoms with Gasteiger partial charge in [-0.3, -0.25) is 9.80 Å². The van der Waals surface area contributed by atoms with Crippen molar-refractivity contribution in [1.29, 1.82) is 0 Å². The van der Waals surface area contributed by atoms with Crippen LogP contribution in [0.3, 0.4) is 0 Å². The second-order valence-corrected chi connectivity index (χ2v) is 16.9. The first-order valence-corrected chi connectivity index (χ1v) is 19.8. The van der Waals surface area contributed by atoms with Crippen LogP contribution in [-0.4, -0.2) is 72.2 Å². The smallest absolute Gasteiger partial charge is 0.0227 e. The maximum atomic E-state index is 3.87. The highest BCUT2D eigenvalue weighted by Gasteiger charge is 2.58. The lowest BCUT2D eigenvalue weighted by Crippen LogP contribution is -2.65. The maximum Gasteiger partial charge on any atom is 0.0227 e. The van der Waals surface area contributed by atoms with Crippen molar-refractivity contribution in [1.82, 2.24) is 20.4 Å². The molecule has 4 heteroatoms. The number of nitrogens with zero attached hydrogens (tertiary/aromatic N) is 2. The number of piperidine rings is 2. The molecule has 8 aliphatic rings. The fraction of sp³-hybridized carbons (Fsp3) is 1.00. The number of rotatable bonds is 6. The SMILES string of the molecule is C1CCC(N(C2CCCNC2)C2CCC3CCC4C5C(CCC2C35)CCC4N(C2CCCCC2)C2CCCNC2)CC1. The zero-order valence-electron chi connectivity index (χ0n) is 27.2. The largest absolute Gasteiger partial charge is 0.315 e. The van der Waals surface area contributed by atoms with E-state index >= 15 is 0 Å². The Morgan fingerprint density at radius 1 is 0.357 bits per heavy atom. The van der Waals surface area contributed by atoms with E-state index in [1.54, 1.807) is 38.5 Å². The third-order valence-electron chi connectivity index (χ3n) is 15.1. The molecule has 10 unspecified atom stereocenters. The van der Waals surface area contributed by atoms with Gasteiger partial charge >= 0.3 is 0 Å². The van der Waals surface area contributed by atoms with Crippen molar-refractivity contribution in [2.24, 2.45) is 35.5 Å². The molecule has 10 atom stereocenters. The first-order chi connectivity index (χ1) is 20.9. The molecule has 2 saturated heterocycles. The Morgan fingerprint density at radius 3 is 1.17 bits per heavy atom. The normalized spacial score (nSPS) is 45.6. The number of hydrogen-bond acceptors (Lipinski definition) is 4. The highest BCUT2D eigenvalue weighted by atomic mass is 15.3. The minimum absolute atomic E-state index is 0.820. The Hall–Kier alpha value is -0.160. The van der Waals surface area contributed by atoms with Gasteiger partial charge in [-0.1, -0.05) is 38.5 Å². The Bertz CT molecular complexity index is 747. The molecule has 2 heterocycles. The number of nitrogens with one attached hydrogen (secondary N) is 2. The summed E-state index contributed by atoms with van der Waals surface area (Å²) in [7, 11) is 0. The van der Waals surface area contributed by atoms with Crippen LogP contribution in [0, 0.1) is 35.5 Å². The Balaban J connectivity index is 1.08. The van der Waals surface area contributed by atoms with E-state index in [1.807, 2.05) is 0 Å². The highest BCUT2D eigenvalue weighted by Crippen LogP contribution is 2.62. The summed E-state index contributed by atoms with van der Waals surface area (Å²) in [6.07, 6.45) is 33.2. The van der Waals surface area contributed by atoms with Gasteiger partial charge in [-0.25, -0.2) is 0 Å². The van der Waals surface area contributed by atoms with Crippen LogP contribution >= 0.6 is 0 Å². The van der Waals surface area contributed by atoms with E-state index in [4.69, 9.17) is 0 Å². The summed E-state index contributed by atoms with van der Waals surface area (Å²) in [6, 6.07) is 5.22. The first kappa shape index (κ1) is 29.3. The predicted octanol–water partition coefficient (Wildman–Crippen LogP) is 7.37. The zero-order valence-corrected chi connectivity index (χ0v) is 27.2. The van der Waals surface area contributed by atoms with Crippen LogP contribution in [0.15, 0.2) is 0 Å². The third-order valence-corrected chi connectivity index (χ3v) is 15.1. The molecule has 42 heavy (non-hydrogen) atoms. The molecule has 238 valence electrons. The van der Waals surface area contributed by atoms with Gasteiger partial charge in [0.05, 0.1) is 0 Å². The second-order valence-electron chi connectivity index (χ2n) is 16.9. The Morgan fingerprint density at radius 2 is 0.762 bits per heavy atom. The molecule has 6 aliphatic carbocycles. The fourth-order valence-electron chi connectivity index (χ4n) is 13.6. The average Bonchev–Trinajstić information content (AvgIpc) is 3.07. The molecule has 0 aromatic carbocycles. The number of hydrogen-bond donors (Lipinski definition) is 2. The molecule has 0 amide bonds. The van der Waals surface area contributed by atoms with Gasteiger partial charge < -0.3 is 10.6 Å². The summed E-state index contributed by atoms with van der Waals surface area (Å²) in [5.74, 6) is 6.26. The molecular formula is C38H66N4. The lowest BCUT2D eigenvalue weighted by molar-refractivity contribution is -0.147. The molecular weight excluding hydrogens is 512 g/mol. The van der Waals surface area contributed by atoms with Crippen LogP contribution < -0.4 is 10.6 Å². The van der Waals surface area contributed by atoms with E-state index in [0.717, 1.165) is 71.8 Å². The third kappa shape index (κ3) is 5.57. The molecule has 0 aromatic rings. The molecule has 0 radical (unpaired) electrons. The standard InChI is InChI=1S/C38H66N4/c1-3-9-29(10-4-1)41(31-13-7-23-39-25-31)35-21-17-27-16-20-34-36(22-18-28-15-19-33(35)37(27)38(28)34)42(30-11-5-2-6-12-30)32-14-8-24-40-26-32/h27-40H,1-26H2. The van der Waals surface area contributed by atoms with E-state index in [0.29, 0.717) is 0 Å². The molecule has 4 nitrogen and oxygen atoms in total. The van der Waals surface area contributed by atoms with E-state index in [1.165, 1.54) is 129 Å². The van der Waals surface area contributed by atoms with Gasteiger partial charge in [0, 0.05) is 49.3 Å². The summed E-state index contributed by atoms with van der Waals surface area (Å²) in [5, 5.41) is 7.73. The van der Waals surface area contributed by atoms with Gasteiger partial charge in [-0.05, 0) is 151 Å². The average molecular weight is 579 g/mol. The van der Waals surface area contributed by atoms with Crippen molar-refractivity contribution in [2.75, 3.05) is 26.2 Å². The molecule has 2 N–H and O–H groups in total. The van der Waals surface area contributed by atoms with Gasteiger partial charge in [0.1, 0.15) is 0 Å². The summed E-state index contributed by atoms with van der Waals surface area (Å²) in [4.78, 5) is 6.55. The second kappa shape index (κ2) is 13.3. The molecule has 0 bridgehead atoms. The van der Waals surface area contributed by atoms with Gasteiger partial charge in [0.25, 0.3) is 0 Å². The van der Waals surface area contributed by atoms with Gasteiger partial charge in [0.15, 0.2) is 0 Å². The van der Waals surface area contributed by atoms with Crippen molar-refractivity contribution >= 4 is 0 Å². The van der Waals surface area contributed by atoms with Crippen LogP contribution in [0.4, 0.5) is 0 Å². The molecule has 2 aliphatic heterocycles. The zero-order chi connectivity index (χ0) is 27.9. The van der Waals surface area contributed by atoms with E-state index in [-0.39, 0.29) is 0 Å². The van der Waals surface area contributed by atoms with Gasteiger partial charge in [-0.2, -0.15) is 0 Å². The Labute approximate surface area is 259 Å². The highest BCUT2D eigenvalue weighted by molar-refractivity contribution is 5.09. The maximum absolute atomic E-state index is 3.87. The van der Waals surface area contributed by atoms with Crippen molar-refractivity contribution in [3.05, 3.63) is 0 Å². The predicted molar refractivity (Wildman–Crippen MR) is 175 cm³/mol. The molecule has 0 spiro atoms. The minimum Gasteiger partial charge on any atom is -0.315 e. The summed E-state index contributed by atoms with van der Waals surface area (Å²) in [6.45, 7) is 5.07. The Kier molecular flexibility index (Phi) is 9.26. The quantitative estimate of drug-likeness (QED) is 0.345. The van der Waals surface area contributed by atoms with E-state index in [9.17, 15) is 0 Å². The van der Waals surface area contributed by atoms with Crippen LogP contribution in [0.25, 0.3) is 0 Å². The molecule has 6 saturated carbocycles. The van der Waals surface area contributed by atoms with Crippen LogP contribution in [0.1, 0.15) is 141 Å². The minimum atomic E-state index is 0.820. The molecule has 8 fully saturated rings. The monoisotopic (exact) mass is 579 g/mol. The molecule has 0 aromatic heterocycles. The van der Waals surface area contributed by atoms with Crippen LogP contribution in [-0.2, 0) is 0 Å². The molecule has 8 rings (SSSR count).